The van der Waals surface area contributed by atoms with Crippen molar-refractivity contribution in [1.82, 2.24) is 0 Å². The number of rotatable bonds is 5. The first-order valence-electron chi connectivity index (χ1n) is 9.19. The van der Waals surface area contributed by atoms with Crippen molar-refractivity contribution >= 4 is 17.6 Å². The van der Waals surface area contributed by atoms with Crippen molar-refractivity contribution in [3.05, 3.63) is 107 Å². The molecule has 1 atom stereocenters. The first-order valence-corrected chi connectivity index (χ1v) is 9.57. The third-order valence-corrected chi connectivity index (χ3v) is 4.68. The number of halogens is 1. The zero-order valence-electron chi connectivity index (χ0n) is 15.8. The number of hydrogen-bond acceptors (Lipinski definition) is 2. The maximum absolute atomic E-state index is 12.7. The Morgan fingerprint density at radius 3 is 2.17 bits per heavy atom. The molecule has 0 amide bonds. The van der Waals surface area contributed by atoms with Crippen molar-refractivity contribution in [2.45, 2.75) is 18.4 Å². The van der Waals surface area contributed by atoms with Crippen molar-refractivity contribution in [3.63, 3.8) is 0 Å². The number of terminal acetylenes is 1. The van der Waals surface area contributed by atoms with Gasteiger partial charge in [-0.25, -0.2) is 4.79 Å². The normalized spacial score (nSPS) is 12.0. The molecule has 0 saturated heterocycles. The second-order valence-electron chi connectivity index (χ2n) is 6.40. The van der Waals surface area contributed by atoms with Crippen molar-refractivity contribution in [3.8, 4) is 24.2 Å². The van der Waals surface area contributed by atoms with Crippen LogP contribution in [0.1, 0.15) is 34.3 Å². The van der Waals surface area contributed by atoms with Gasteiger partial charge in [-0.05, 0) is 36.4 Å². The van der Waals surface area contributed by atoms with Crippen LogP contribution in [0.4, 0.5) is 0 Å². The second kappa shape index (κ2) is 9.65. The van der Waals surface area contributed by atoms with Gasteiger partial charge in [0.1, 0.15) is 0 Å². The highest BCUT2D eigenvalue weighted by Gasteiger charge is 2.34. The summed E-state index contributed by atoms with van der Waals surface area (Å²) in [5.41, 5.74) is 0.821. The highest BCUT2D eigenvalue weighted by Crippen LogP contribution is 2.32. The molecule has 142 valence electrons. The van der Waals surface area contributed by atoms with Crippen molar-refractivity contribution in [2.24, 2.45) is 0 Å². The number of esters is 1. The molecule has 0 bridgehead atoms. The van der Waals surface area contributed by atoms with Gasteiger partial charge in [-0.15, -0.1) is 6.42 Å². The lowest BCUT2D eigenvalue weighted by molar-refractivity contribution is 0.00310. The summed E-state index contributed by atoms with van der Waals surface area (Å²) in [6, 6.07) is 25.5. The summed E-state index contributed by atoms with van der Waals surface area (Å²) in [6.07, 6.45) is 6.72. The number of carbonyl (C=O) groups excluding carboxylic acids is 1. The summed E-state index contributed by atoms with van der Waals surface area (Å²) < 4.78 is 5.87. The van der Waals surface area contributed by atoms with E-state index in [0.29, 0.717) is 29.0 Å². The van der Waals surface area contributed by atoms with Crippen LogP contribution in [-0.2, 0) is 10.3 Å². The summed E-state index contributed by atoms with van der Waals surface area (Å²) >= 11 is 6.02. The fraction of sp³-hybridized carbons (Fsp3) is 0.115. The van der Waals surface area contributed by atoms with Crippen LogP contribution in [0.5, 0.6) is 0 Å². The first kappa shape index (κ1) is 20.3. The van der Waals surface area contributed by atoms with Gasteiger partial charge in [0.2, 0.25) is 0 Å². The molecule has 1 unspecified atom stereocenters. The Hall–Kier alpha value is -3.46. The average Bonchev–Trinajstić information content (AvgIpc) is 2.77. The van der Waals surface area contributed by atoms with Gasteiger partial charge in [0.25, 0.3) is 0 Å². The standard InChI is InChI=1S/C26H19ClO2/c1-2-26(23-16-18-24(27)19-17-23,29-25(28)22-14-7-4-8-15-22)20-10-9-13-21-11-5-3-6-12-21/h1,3-8,11-12,14-19H,10,20H2. The Morgan fingerprint density at radius 2 is 1.55 bits per heavy atom. The molecule has 2 nitrogen and oxygen atoms in total. The van der Waals surface area contributed by atoms with Gasteiger partial charge in [-0.3, -0.25) is 0 Å². The summed E-state index contributed by atoms with van der Waals surface area (Å²) in [5, 5.41) is 0.581. The average molecular weight is 399 g/mol. The molecule has 0 heterocycles. The quantitative estimate of drug-likeness (QED) is 0.397. The Labute approximate surface area is 176 Å². The van der Waals surface area contributed by atoms with Crippen molar-refractivity contribution < 1.29 is 9.53 Å². The number of carbonyl (C=O) groups is 1. The molecular formula is C26H19ClO2. The van der Waals surface area contributed by atoms with E-state index in [9.17, 15) is 4.79 Å². The molecule has 0 saturated carbocycles. The molecular weight excluding hydrogens is 380 g/mol. The van der Waals surface area contributed by atoms with Crippen LogP contribution in [0.15, 0.2) is 84.9 Å². The molecule has 0 aliphatic carbocycles. The van der Waals surface area contributed by atoms with Crippen LogP contribution in [0.2, 0.25) is 5.02 Å². The second-order valence-corrected chi connectivity index (χ2v) is 6.84. The molecule has 0 aliphatic rings. The Balaban J connectivity index is 1.86. The molecule has 0 fully saturated rings. The third-order valence-electron chi connectivity index (χ3n) is 4.43. The van der Waals surface area contributed by atoms with E-state index in [-0.39, 0.29) is 0 Å². The maximum atomic E-state index is 12.7. The lowest BCUT2D eigenvalue weighted by Gasteiger charge is -2.28. The van der Waals surface area contributed by atoms with Crippen LogP contribution < -0.4 is 0 Å². The van der Waals surface area contributed by atoms with E-state index in [1.165, 1.54) is 0 Å². The van der Waals surface area contributed by atoms with Crippen LogP contribution in [0.25, 0.3) is 0 Å². The van der Waals surface area contributed by atoms with Gasteiger partial charge in [0.15, 0.2) is 5.60 Å². The minimum atomic E-state index is -1.23. The smallest absolute Gasteiger partial charge is 0.339 e. The maximum Gasteiger partial charge on any atom is 0.339 e. The SMILES string of the molecule is C#CC(CCC#Cc1ccccc1)(OC(=O)c1ccccc1)c1ccc(Cl)cc1. The van der Waals surface area contributed by atoms with Gasteiger partial charge < -0.3 is 4.74 Å². The van der Waals surface area contributed by atoms with Crippen LogP contribution in [0.3, 0.4) is 0 Å². The highest BCUT2D eigenvalue weighted by molar-refractivity contribution is 6.30. The summed E-state index contributed by atoms with van der Waals surface area (Å²) in [4.78, 5) is 12.7. The van der Waals surface area contributed by atoms with Crippen LogP contribution >= 0.6 is 11.6 Å². The molecule has 3 aromatic rings. The Bertz CT molecular complexity index is 1050. The summed E-state index contributed by atoms with van der Waals surface area (Å²) in [7, 11) is 0. The van der Waals surface area contributed by atoms with E-state index in [4.69, 9.17) is 22.8 Å². The van der Waals surface area contributed by atoms with Gasteiger partial charge in [-0.2, -0.15) is 0 Å². The molecule has 0 aromatic heterocycles. The van der Waals surface area contributed by atoms with E-state index in [1.807, 2.05) is 36.4 Å². The molecule has 3 heteroatoms. The molecule has 0 N–H and O–H groups in total. The third kappa shape index (κ3) is 5.29. The van der Waals surface area contributed by atoms with Crippen molar-refractivity contribution in [2.75, 3.05) is 0 Å². The van der Waals surface area contributed by atoms with Gasteiger partial charge in [0.05, 0.1) is 5.56 Å². The van der Waals surface area contributed by atoms with Crippen molar-refractivity contribution in [1.29, 1.82) is 0 Å². The van der Waals surface area contributed by atoms with Gasteiger partial charge >= 0.3 is 5.97 Å². The van der Waals surface area contributed by atoms with E-state index in [2.05, 4.69) is 17.8 Å². The Kier molecular flexibility index (Phi) is 6.75. The predicted octanol–water partition coefficient (Wildman–Crippen LogP) is 5.86. The van der Waals surface area contributed by atoms with E-state index >= 15 is 0 Å². The lowest BCUT2D eigenvalue weighted by Crippen LogP contribution is -2.31. The summed E-state index contributed by atoms with van der Waals surface area (Å²) in [5.74, 6) is 8.45. The fourth-order valence-corrected chi connectivity index (χ4v) is 3.00. The number of hydrogen-bond donors (Lipinski definition) is 0. The minimum Gasteiger partial charge on any atom is -0.438 e. The van der Waals surface area contributed by atoms with Crippen LogP contribution in [0, 0.1) is 24.2 Å². The molecule has 0 aliphatic heterocycles. The first-order chi connectivity index (χ1) is 14.1. The van der Waals surface area contributed by atoms with Crippen LogP contribution in [-0.4, -0.2) is 5.97 Å². The molecule has 0 radical (unpaired) electrons. The zero-order chi connectivity index (χ0) is 20.5. The lowest BCUT2D eigenvalue weighted by atomic mass is 9.89. The molecule has 3 aromatic carbocycles. The minimum absolute atomic E-state index is 0.365. The largest absolute Gasteiger partial charge is 0.438 e. The number of benzene rings is 3. The summed E-state index contributed by atoms with van der Waals surface area (Å²) in [6.45, 7) is 0. The van der Waals surface area contributed by atoms with E-state index in [1.54, 1.807) is 48.5 Å². The van der Waals surface area contributed by atoms with Gasteiger partial charge in [0, 0.05) is 29.0 Å². The van der Waals surface area contributed by atoms with Gasteiger partial charge in [-0.1, -0.05) is 77.9 Å². The molecule has 0 spiro atoms. The Morgan fingerprint density at radius 1 is 0.931 bits per heavy atom. The fourth-order valence-electron chi connectivity index (χ4n) is 2.87. The molecule has 29 heavy (non-hydrogen) atoms. The highest BCUT2D eigenvalue weighted by atomic mass is 35.5. The molecule has 3 rings (SSSR count). The van der Waals surface area contributed by atoms with E-state index < -0.39 is 11.6 Å². The topological polar surface area (TPSA) is 26.3 Å². The van der Waals surface area contributed by atoms with E-state index in [0.717, 1.165) is 5.56 Å². The zero-order valence-corrected chi connectivity index (χ0v) is 16.5. The number of ether oxygens (including phenoxy) is 1. The monoisotopic (exact) mass is 398 g/mol. The predicted molar refractivity (Wildman–Crippen MR) is 116 cm³/mol.